The van der Waals surface area contributed by atoms with Gasteiger partial charge in [-0.05, 0) is 68.8 Å². The van der Waals surface area contributed by atoms with Crippen LogP contribution in [0, 0.1) is 17.1 Å². The lowest BCUT2D eigenvalue weighted by Gasteiger charge is -2.32. The SMILES string of the molecule is N#Cc1ccc(COc2cccc(C3CCN(Cc4nc5ccc(C(=O)O)cc5n4C[C@@H]4CCO4)CC3)n2)c(F)c1.O=C1C=C(N2CC2)C(=O)C(N2CC2)=C1N1CC1. The number of nitrogens with zero attached hydrogens (tertiary/aromatic N) is 8. The van der Waals surface area contributed by atoms with Crippen LogP contribution in [-0.4, -0.2) is 122 Å². The number of carbonyl (C=O) groups is 3. The fourth-order valence-electron chi connectivity index (χ4n) is 7.75. The van der Waals surface area contributed by atoms with E-state index in [4.69, 9.17) is 24.7 Å². The van der Waals surface area contributed by atoms with E-state index >= 15 is 0 Å². The number of Topliss-reactive ketones (excluding diaryl/α,β-unsaturated/α-hetero) is 1. The Hall–Kier alpha value is -6.11. The summed E-state index contributed by atoms with van der Waals surface area (Å²) in [5.74, 6) is 0.270. The number of benzene rings is 2. The van der Waals surface area contributed by atoms with Crippen molar-refractivity contribution in [3.63, 3.8) is 0 Å². The van der Waals surface area contributed by atoms with Gasteiger partial charge in [0.2, 0.25) is 17.4 Å². The van der Waals surface area contributed by atoms with Crippen LogP contribution < -0.4 is 4.74 Å². The number of fused-ring (bicyclic) bond motifs is 1. The lowest BCUT2D eigenvalue weighted by Crippen LogP contribution is -2.35. The van der Waals surface area contributed by atoms with Crippen LogP contribution in [0.2, 0.25) is 0 Å². The first kappa shape index (κ1) is 37.5. The molecule has 0 amide bonds. The number of pyridine rings is 1. The van der Waals surface area contributed by atoms with E-state index in [1.54, 1.807) is 36.4 Å². The minimum atomic E-state index is -0.951. The normalized spacial score (nSPS) is 20.3. The van der Waals surface area contributed by atoms with E-state index in [-0.39, 0.29) is 41.3 Å². The highest BCUT2D eigenvalue weighted by molar-refractivity contribution is 6.22. The molecule has 5 fully saturated rings. The number of hydrogen-bond donors (Lipinski definition) is 1. The highest BCUT2D eigenvalue weighted by Crippen LogP contribution is 2.34. The first-order valence-corrected chi connectivity index (χ1v) is 19.9. The van der Waals surface area contributed by atoms with E-state index in [2.05, 4.69) is 9.47 Å². The van der Waals surface area contributed by atoms with Gasteiger partial charge in [0.25, 0.3) is 0 Å². The molecule has 1 atom stereocenters. The Balaban J connectivity index is 0.000000211. The number of ketones is 2. The molecule has 0 saturated carbocycles. The number of imidazole rings is 1. The monoisotopic (exact) mass is 786 g/mol. The van der Waals surface area contributed by atoms with Gasteiger partial charge >= 0.3 is 5.97 Å². The zero-order valence-corrected chi connectivity index (χ0v) is 32.0. The predicted octanol–water partition coefficient (Wildman–Crippen LogP) is 4.07. The van der Waals surface area contributed by atoms with Gasteiger partial charge in [0.1, 0.15) is 29.6 Å². The first-order chi connectivity index (χ1) is 28.2. The van der Waals surface area contributed by atoms with Crippen LogP contribution in [0.3, 0.4) is 0 Å². The van der Waals surface area contributed by atoms with Crippen molar-refractivity contribution in [2.75, 3.05) is 59.0 Å². The van der Waals surface area contributed by atoms with Crippen molar-refractivity contribution in [1.82, 2.24) is 34.1 Å². The number of nitriles is 1. The summed E-state index contributed by atoms with van der Waals surface area (Å²) < 4.78 is 27.8. The summed E-state index contributed by atoms with van der Waals surface area (Å²) >= 11 is 0. The largest absolute Gasteiger partial charge is 0.478 e. The maximum atomic E-state index is 14.2. The van der Waals surface area contributed by atoms with E-state index in [9.17, 15) is 23.9 Å². The van der Waals surface area contributed by atoms with Crippen LogP contribution in [0.4, 0.5) is 4.39 Å². The summed E-state index contributed by atoms with van der Waals surface area (Å²) in [4.78, 5) is 54.0. The molecule has 2 aromatic carbocycles. The van der Waals surface area contributed by atoms with Gasteiger partial charge in [-0.2, -0.15) is 5.26 Å². The van der Waals surface area contributed by atoms with Gasteiger partial charge in [0, 0.05) is 75.2 Å². The molecule has 7 heterocycles. The Morgan fingerprint density at radius 3 is 2.31 bits per heavy atom. The number of carboxylic acid groups (broad SMARTS) is 1. The summed E-state index contributed by atoms with van der Waals surface area (Å²) in [6.45, 7) is 9.27. The van der Waals surface area contributed by atoms with E-state index in [0.717, 1.165) is 101 Å². The zero-order valence-electron chi connectivity index (χ0n) is 32.0. The number of hydrogen-bond acceptors (Lipinski definition) is 12. The zero-order chi connectivity index (χ0) is 39.9. The number of aromatic carboxylic acids is 1. The maximum Gasteiger partial charge on any atom is 0.335 e. The molecule has 0 radical (unpaired) electrons. The molecular formula is C43H43FN8O6. The second-order valence-electron chi connectivity index (χ2n) is 15.5. The van der Waals surface area contributed by atoms with Crippen molar-refractivity contribution in [3.8, 4) is 11.9 Å². The first-order valence-electron chi connectivity index (χ1n) is 19.9. The van der Waals surface area contributed by atoms with Gasteiger partial charge < -0.3 is 33.8 Å². The quantitative estimate of drug-likeness (QED) is 0.162. The number of piperidine rings is 1. The van der Waals surface area contributed by atoms with Crippen LogP contribution in [0.1, 0.15) is 58.2 Å². The van der Waals surface area contributed by atoms with Crippen molar-refractivity contribution < 1.29 is 33.4 Å². The third-order valence-corrected chi connectivity index (χ3v) is 11.4. The molecule has 5 saturated heterocycles. The van der Waals surface area contributed by atoms with Crippen LogP contribution in [0.25, 0.3) is 11.0 Å². The summed E-state index contributed by atoms with van der Waals surface area (Å²) in [5.41, 5.74) is 5.36. The Morgan fingerprint density at radius 2 is 1.66 bits per heavy atom. The van der Waals surface area contributed by atoms with E-state index < -0.39 is 11.8 Å². The molecule has 5 aliphatic heterocycles. The van der Waals surface area contributed by atoms with Crippen molar-refractivity contribution in [3.05, 3.63) is 112 Å². The van der Waals surface area contributed by atoms with Crippen LogP contribution in [0.15, 0.2) is 77.8 Å². The van der Waals surface area contributed by atoms with Gasteiger partial charge in [0.05, 0.1) is 53.1 Å². The molecule has 6 aliphatic rings. The fourth-order valence-corrected chi connectivity index (χ4v) is 7.75. The number of allylic oxidation sites excluding steroid dienone is 1. The number of likely N-dealkylation sites (tertiary alicyclic amines) is 1. The molecular weight excluding hydrogens is 744 g/mol. The van der Waals surface area contributed by atoms with E-state index in [0.29, 0.717) is 41.6 Å². The predicted molar refractivity (Wildman–Crippen MR) is 208 cm³/mol. The summed E-state index contributed by atoms with van der Waals surface area (Å²) in [5, 5.41) is 18.4. The van der Waals surface area contributed by atoms with Crippen LogP contribution in [0.5, 0.6) is 5.88 Å². The van der Waals surface area contributed by atoms with E-state index in [1.807, 2.05) is 32.9 Å². The molecule has 0 unspecified atom stereocenters. The minimum absolute atomic E-state index is 0.00546. The Bertz CT molecular complexity index is 2400. The van der Waals surface area contributed by atoms with Gasteiger partial charge in [-0.1, -0.05) is 12.1 Å². The number of halogens is 1. The molecule has 298 valence electrons. The van der Waals surface area contributed by atoms with Crippen LogP contribution >= 0.6 is 0 Å². The molecule has 58 heavy (non-hydrogen) atoms. The molecule has 15 heteroatoms. The standard InChI is InChI=1S/C31H30FN5O4.C12H13N3O2/c32-25-14-20(16-33)4-5-23(25)19-41-30-3-1-2-26(35-30)21-8-11-36(12-9-21)18-29-34-27-7-6-22(31(38)39)15-28(27)37(29)17-24-10-13-40-24;16-9-7-8(13-1-2-13)12(17)11(15-5-6-15)10(9)14-3-4-14/h1-7,14-15,21,24H,8-13,17-19H2,(H,38,39);7H,1-6H2/t24-;/m0./s1. The summed E-state index contributed by atoms with van der Waals surface area (Å²) in [7, 11) is 0. The van der Waals surface area contributed by atoms with Gasteiger partial charge in [-0.15, -0.1) is 0 Å². The summed E-state index contributed by atoms with van der Waals surface area (Å²) in [6, 6.07) is 17.0. The van der Waals surface area contributed by atoms with E-state index in [1.165, 1.54) is 12.1 Å². The molecule has 4 aromatic rings. The molecule has 1 N–H and O–H groups in total. The lowest BCUT2D eigenvalue weighted by molar-refractivity contribution is -0.117. The average Bonchev–Trinajstić information content (AvgIpc) is 4.06. The second-order valence-corrected chi connectivity index (χ2v) is 15.5. The maximum absolute atomic E-state index is 14.2. The fraction of sp³-hybridized carbons (Fsp3) is 0.395. The second kappa shape index (κ2) is 15.7. The Morgan fingerprint density at radius 1 is 0.914 bits per heavy atom. The third kappa shape index (κ3) is 8.03. The topological polar surface area (TPSA) is 157 Å². The molecule has 2 aromatic heterocycles. The lowest BCUT2D eigenvalue weighted by atomic mass is 9.93. The van der Waals surface area contributed by atoms with Gasteiger partial charge in [0.15, 0.2) is 0 Å². The molecule has 14 nitrogen and oxygen atoms in total. The van der Waals surface area contributed by atoms with Gasteiger partial charge in [-0.25, -0.2) is 19.2 Å². The molecule has 0 spiro atoms. The molecule has 1 aliphatic carbocycles. The average molecular weight is 787 g/mol. The Labute approximate surface area is 334 Å². The van der Waals surface area contributed by atoms with Crippen molar-refractivity contribution in [2.45, 2.75) is 51.0 Å². The minimum Gasteiger partial charge on any atom is -0.478 e. The Kier molecular flexibility index (Phi) is 10.1. The van der Waals surface area contributed by atoms with Crippen molar-refractivity contribution in [1.29, 1.82) is 5.26 Å². The smallest absolute Gasteiger partial charge is 0.335 e. The number of carboxylic acids is 1. The molecule has 10 rings (SSSR count). The number of ether oxygens (including phenoxy) is 2. The highest BCUT2D eigenvalue weighted by Gasteiger charge is 2.43. The molecule has 0 bridgehead atoms. The van der Waals surface area contributed by atoms with Gasteiger partial charge in [-0.3, -0.25) is 14.5 Å². The van der Waals surface area contributed by atoms with Crippen molar-refractivity contribution in [2.24, 2.45) is 0 Å². The number of rotatable bonds is 12. The number of carbonyl (C=O) groups excluding carboxylic acids is 2. The summed E-state index contributed by atoms with van der Waals surface area (Å²) in [6.07, 6.45) is 4.49. The van der Waals surface area contributed by atoms with Crippen LogP contribution in [-0.2, 0) is 34.0 Å². The number of aromatic nitrogens is 3. The van der Waals surface area contributed by atoms with Crippen molar-refractivity contribution >= 4 is 28.6 Å². The highest BCUT2D eigenvalue weighted by atomic mass is 19.1. The third-order valence-electron chi connectivity index (χ3n) is 11.4.